The Kier molecular flexibility index (Phi) is 3.39. The van der Waals surface area contributed by atoms with Crippen molar-refractivity contribution in [2.75, 3.05) is 6.61 Å². The smallest absolute Gasteiger partial charge is 0.352 e. The highest BCUT2D eigenvalue weighted by Crippen LogP contribution is 2.47. The molecule has 1 unspecified atom stereocenters. The Bertz CT molecular complexity index is 244. The quantitative estimate of drug-likeness (QED) is 0.723. The molecule has 1 saturated heterocycles. The van der Waals surface area contributed by atoms with Crippen LogP contribution in [0.4, 0.5) is 30.7 Å². The summed E-state index contributed by atoms with van der Waals surface area (Å²) in [5, 5.41) is 0. The fraction of sp³-hybridized carbons (Fsp3) is 1.00. The van der Waals surface area contributed by atoms with Gasteiger partial charge in [0, 0.05) is 13.0 Å². The standard InChI is InChI=1S/C7H7F7O2/c8-5(9,6(10,11)12)7(13,14)16-4-2-1-3-15-4/h4H,1-3H2. The molecule has 1 aliphatic rings. The van der Waals surface area contributed by atoms with Gasteiger partial charge >= 0.3 is 18.2 Å². The Labute approximate surface area is 85.3 Å². The summed E-state index contributed by atoms with van der Waals surface area (Å²) in [6.45, 7) is -0.0155. The number of halogens is 7. The van der Waals surface area contributed by atoms with Gasteiger partial charge in [-0.05, 0) is 6.42 Å². The van der Waals surface area contributed by atoms with Gasteiger partial charge in [-0.15, -0.1) is 0 Å². The molecule has 1 rings (SSSR count). The fourth-order valence-corrected chi connectivity index (χ4v) is 1.05. The van der Waals surface area contributed by atoms with Gasteiger partial charge in [-0.25, -0.2) is 0 Å². The van der Waals surface area contributed by atoms with Gasteiger partial charge in [0.1, 0.15) is 0 Å². The van der Waals surface area contributed by atoms with Crippen molar-refractivity contribution in [3.05, 3.63) is 0 Å². The van der Waals surface area contributed by atoms with E-state index in [4.69, 9.17) is 0 Å². The van der Waals surface area contributed by atoms with E-state index >= 15 is 0 Å². The van der Waals surface area contributed by atoms with Crippen LogP contribution in [-0.2, 0) is 9.47 Å². The van der Waals surface area contributed by atoms with Gasteiger partial charge in [-0.3, -0.25) is 4.74 Å². The van der Waals surface area contributed by atoms with E-state index in [1.165, 1.54) is 0 Å². The Morgan fingerprint density at radius 3 is 1.94 bits per heavy atom. The van der Waals surface area contributed by atoms with Crippen molar-refractivity contribution in [1.82, 2.24) is 0 Å². The molecule has 1 heterocycles. The first-order valence-electron chi connectivity index (χ1n) is 4.20. The molecule has 0 radical (unpaired) electrons. The third-order valence-electron chi connectivity index (χ3n) is 1.89. The van der Waals surface area contributed by atoms with Crippen LogP contribution < -0.4 is 0 Å². The molecule has 0 aromatic carbocycles. The van der Waals surface area contributed by atoms with Crippen LogP contribution in [0.25, 0.3) is 0 Å². The minimum atomic E-state index is -6.38. The van der Waals surface area contributed by atoms with Gasteiger partial charge < -0.3 is 4.74 Å². The summed E-state index contributed by atoms with van der Waals surface area (Å²) in [6.07, 6.45) is -13.6. The predicted octanol–water partition coefficient (Wildman–Crippen LogP) is 2.93. The lowest BCUT2D eigenvalue weighted by Crippen LogP contribution is -2.54. The molecule has 0 N–H and O–H groups in total. The third kappa shape index (κ3) is 2.40. The van der Waals surface area contributed by atoms with Crippen molar-refractivity contribution in [2.45, 2.75) is 37.3 Å². The van der Waals surface area contributed by atoms with Gasteiger partial charge in [0.25, 0.3) is 0 Å². The molecule has 0 saturated carbocycles. The average molecular weight is 256 g/mol. The maximum atomic E-state index is 12.6. The predicted molar refractivity (Wildman–Crippen MR) is 36.0 cm³/mol. The number of rotatable bonds is 3. The van der Waals surface area contributed by atoms with Crippen LogP contribution in [0, 0.1) is 0 Å². The molecule has 0 aromatic heterocycles. The van der Waals surface area contributed by atoms with Gasteiger partial charge in [0.2, 0.25) is 0 Å². The van der Waals surface area contributed by atoms with Crippen molar-refractivity contribution < 1.29 is 40.2 Å². The highest BCUT2D eigenvalue weighted by Gasteiger charge is 2.75. The van der Waals surface area contributed by atoms with Gasteiger partial charge in [0.05, 0.1) is 0 Å². The van der Waals surface area contributed by atoms with E-state index in [9.17, 15) is 30.7 Å². The van der Waals surface area contributed by atoms with Crippen LogP contribution >= 0.6 is 0 Å². The van der Waals surface area contributed by atoms with Crippen molar-refractivity contribution in [3.8, 4) is 0 Å². The van der Waals surface area contributed by atoms with E-state index in [2.05, 4.69) is 9.47 Å². The minimum absolute atomic E-state index is 0.0155. The normalized spacial score (nSPS) is 23.8. The first kappa shape index (κ1) is 13.5. The number of alkyl halides is 7. The van der Waals surface area contributed by atoms with Crippen LogP contribution in [0.1, 0.15) is 12.8 Å². The largest absolute Gasteiger partial charge is 0.462 e. The molecule has 2 nitrogen and oxygen atoms in total. The lowest BCUT2D eigenvalue weighted by atomic mass is 10.3. The second-order valence-corrected chi connectivity index (χ2v) is 3.15. The Morgan fingerprint density at radius 2 is 1.56 bits per heavy atom. The lowest BCUT2D eigenvalue weighted by Gasteiger charge is -2.29. The lowest BCUT2D eigenvalue weighted by molar-refractivity contribution is -0.444. The Hall–Kier alpha value is -0.570. The zero-order valence-corrected chi connectivity index (χ0v) is 7.66. The zero-order valence-electron chi connectivity index (χ0n) is 7.66. The molecule has 0 bridgehead atoms. The van der Waals surface area contributed by atoms with E-state index in [-0.39, 0.29) is 19.4 Å². The highest BCUT2D eigenvalue weighted by molar-refractivity contribution is 4.85. The molecule has 16 heavy (non-hydrogen) atoms. The summed E-state index contributed by atoms with van der Waals surface area (Å²) in [5.41, 5.74) is 0. The highest BCUT2D eigenvalue weighted by atomic mass is 19.4. The molecular weight excluding hydrogens is 249 g/mol. The molecule has 96 valence electrons. The van der Waals surface area contributed by atoms with Crippen molar-refractivity contribution >= 4 is 0 Å². The maximum absolute atomic E-state index is 12.6. The second kappa shape index (κ2) is 4.02. The molecule has 1 atom stereocenters. The van der Waals surface area contributed by atoms with E-state index in [1.807, 2.05) is 0 Å². The van der Waals surface area contributed by atoms with Crippen LogP contribution in [0.3, 0.4) is 0 Å². The van der Waals surface area contributed by atoms with Gasteiger partial charge in [-0.1, -0.05) is 0 Å². The van der Waals surface area contributed by atoms with Crippen molar-refractivity contribution in [1.29, 1.82) is 0 Å². The monoisotopic (exact) mass is 256 g/mol. The fourth-order valence-electron chi connectivity index (χ4n) is 1.05. The molecular formula is C7H7F7O2. The average Bonchev–Trinajstić information content (AvgIpc) is 2.53. The van der Waals surface area contributed by atoms with Crippen LogP contribution in [-0.4, -0.2) is 31.1 Å². The van der Waals surface area contributed by atoms with Gasteiger partial charge in [0.15, 0.2) is 6.29 Å². The molecule has 1 aliphatic heterocycles. The van der Waals surface area contributed by atoms with E-state index in [0.717, 1.165) is 0 Å². The van der Waals surface area contributed by atoms with Gasteiger partial charge in [-0.2, -0.15) is 30.7 Å². The zero-order chi connectivity index (χ0) is 12.6. The molecule has 1 fully saturated rings. The number of hydrogen-bond acceptors (Lipinski definition) is 2. The summed E-state index contributed by atoms with van der Waals surface area (Å²) >= 11 is 0. The van der Waals surface area contributed by atoms with E-state index < -0.39 is 24.5 Å². The number of ether oxygens (including phenoxy) is 2. The third-order valence-corrected chi connectivity index (χ3v) is 1.89. The first-order valence-corrected chi connectivity index (χ1v) is 4.20. The molecule has 0 aromatic rings. The van der Waals surface area contributed by atoms with E-state index in [0.29, 0.717) is 0 Å². The molecule has 0 aliphatic carbocycles. The summed E-state index contributed by atoms with van der Waals surface area (Å²) in [6, 6.07) is 0. The molecule has 9 heteroatoms. The van der Waals surface area contributed by atoms with Crippen molar-refractivity contribution in [2.24, 2.45) is 0 Å². The summed E-state index contributed by atoms with van der Waals surface area (Å²) in [7, 11) is 0. The van der Waals surface area contributed by atoms with E-state index in [1.54, 1.807) is 0 Å². The van der Waals surface area contributed by atoms with Crippen LogP contribution in [0.15, 0.2) is 0 Å². The van der Waals surface area contributed by atoms with Crippen molar-refractivity contribution in [3.63, 3.8) is 0 Å². The topological polar surface area (TPSA) is 18.5 Å². The SMILES string of the molecule is FC(F)(F)C(F)(F)C(F)(F)OC1CCCO1. The number of hydrogen-bond donors (Lipinski definition) is 0. The molecule has 0 amide bonds. The summed E-state index contributed by atoms with van der Waals surface area (Å²) in [5.74, 6) is -6.24. The summed E-state index contributed by atoms with van der Waals surface area (Å²) in [4.78, 5) is 0. The minimum Gasteiger partial charge on any atom is -0.352 e. The summed E-state index contributed by atoms with van der Waals surface area (Å²) < 4.78 is 92.5. The van der Waals surface area contributed by atoms with Crippen LogP contribution in [0.2, 0.25) is 0 Å². The Morgan fingerprint density at radius 1 is 1.00 bits per heavy atom. The molecule has 0 spiro atoms. The Balaban J connectivity index is 2.75. The second-order valence-electron chi connectivity index (χ2n) is 3.15. The van der Waals surface area contributed by atoms with Crippen LogP contribution in [0.5, 0.6) is 0 Å². The first-order chi connectivity index (χ1) is 7.08. The maximum Gasteiger partial charge on any atom is 0.462 e.